The summed E-state index contributed by atoms with van der Waals surface area (Å²) in [6, 6.07) is 21.0. The SMILES string of the molecule is CCNCCC(CCCCCC12CCC(CC1)CN2C(=O)OCc1ccccc1)Cc1ccccc1. The highest BCUT2D eigenvalue weighted by Gasteiger charge is 2.48. The van der Waals surface area contributed by atoms with Crippen LogP contribution in [-0.4, -0.2) is 36.2 Å². The maximum atomic E-state index is 13.1. The van der Waals surface area contributed by atoms with Crippen LogP contribution in [0.25, 0.3) is 0 Å². The van der Waals surface area contributed by atoms with E-state index in [2.05, 4.69) is 47.5 Å². The Morgan fingerprint density at radius 2 is 1.67 bits per heavy atom. The number of rotatable bonds is 14. The molecule has 1 N–H and O–H groups in total. The molecule has 4 nitrogen and oxygen atoms in total. The number of nitrogens with zero attached hydrogens (tertiary/aromatic N) is 1. The van der Waals surface area contributed by atoms with Gasteiger partial charge in [-0.2, -0.15) is 0 Å². The summed E-state index contributed by atoms with van der Waals surface area (Å²) in [6.07, 6.45) is 13.3. The number of hydrogen-bond donors (Lipinski definition) is 1. The van der Waals surface area contributed by atoms with Gasteiger partial charge in [-0.15, -0.1) is 0 Å². The normalized spacial score (nSPS) is 21.9. The summed E-state index contributed by atoms with van der Waals surface area (Å²) in [7, 11) is 0. The number of unbranched alkanes of at least 4 members (excludes halogenated alkanes) is 2. The predicted octanol–water partition coefficient (Wildman–Crippen LogP) is 7.38. The number of ether oxygens (including phenoxy) is 1. The Morgan fingerprint density at radius 1 is 0.972 bits per heavy atom. The van der Waals surface area contributed by atoms with Gasteiger partial charge in [0.1, 0.15) is 6.61 Å². The zero-order valence-electron chi connectivity index (χ0n) is 22.3. The molecule has 1 amide bonds. The van der Waals surface area contributed by atoms with Gasteiger partial charge in [0, 0.05) is 12.1 Å². The third-order valence-corrected chi connectivity index (χ3v) is 8.58. The first-order valence-corrected chi connectivity index (χ1v) is 14.4. The van der Waals surface area contributed by atoms with Gasteiger partial charge < -0.3 is 15.0 Å². The van der Waals surface area contributed by atoms with Crippen molar-refractivity contribution in [1.82, 2.24) is 10.2 Å². The van der Waals surface area contributed by atoms with Crippen LogP contribution in [0.4, 0.5) is 4.79 Å². The van der Waals surface area contributed by atoms with Crippen molar-refractivity contribution in [3.8, 4) is 0 Å². The minimum Gasteiger partial charge on any atom is -0.445 e. The highest BCUT2D eigenvalue weighted by atomic mass is 16.6. The van der Waals surface area contributed by atoms with Crippen LogP contribution < -0.4 is 5.32 Å². The van der Waals surface area contributed by atoms with Gasteiger partial charge in [0.25, 0.3) is 0 Å². The number of fused-ring (bicyclic) bond motifs is 3. The molecule has 0 spiro atoms. The quantitative estimate of drug-likeness (QED) is 0.281. The molecule has 0 aromatic heterocycles. The number of hydrogen-bond acceptors (Lipinski definition) is 3. The van der Waals surface area contributed by atoms with Crippen LogP contribution in [0.1, 0.15) is 82.3 Å². The van der Waals surface area contributed by atoms with Crippen molar-refractivity contribution >= 4 is 6.09 Å². The van der Waals surface area contributed by atoms with E-state index in [1.54, 1.807) is 0 Å². The summed E-state index contributed by atoms with van der Waals surface area (Å²) >= 11 is 0. The first-order chi connectivity index (χ1) is 17.7. The molecule has 2 aromatic carbocycles. The molecule has 196 valence electrons. The number of carbonyl (C=O) groups is 1. The maximum Gasteiger partial charge on any atom is 0.410 e. The third kappa shape index (κ3) is 7.59. The minimum absolute atomic E-state index is 0.0248. The number of carbonyl (C=O) groups excluding carboxylic acids is 1. The molecule has 2 heterocycles. The van der Waals surface area contributed by atoms with Crippen molar-refractivity contribution in [2.75, 3.05) is 19.6 Å². The van der Waals surface area contributed by atoms with E-state index in [4.69, 9.17) is 4.74 Å². The van der Waals surface area contributed by atoms with E-state index in [0.717, 1.165) is 50.4 Å². The van der Waals surface area contributed by atoms with Gasteiger partial charge in [0.05, 0.1) is 0 Å². The lowest BCUT2D eigenvalue weighted by Crippen LogP contribution is -2.60. The fraction of sp³-hybridized carbons (Fsp3) is 0.594. The second kappa shape index (κ2) is 13.8. The summed E-state index contributed by atoms with van der Waals surface area (Å²) in [6.45, 7) is 5.60. The fourth-order valence-corrected chi connectivity index (χ4v) is 6.41. The van der Waals surface area contributed by atoms with Gasteiger partial charge in [0.15, 0.2) is 0 Å². The zero-order valence-corrected chi connectivity index (χ0v) is 22.3. The standard InChI is InChI=1S/C32H46N2O2/c1-2-33-23-19-28(24-27-12-6-3-7-13-27)14-10-5-11-20-32-21-17-29(18-22-32)25-34(32)31(35)36-26-30-15-8-4-9-16-30/h3-4,6-9,12-13,15-16,28-29,33H,2,5,10-11,14,17-26H2,1H3. The Morgan fingerprint density at radius 3 is 2.36 bits per heavy atom. The molecule has 3 aliphatic rings. The summed E-state index contributed by atoms with van der Waals surface area (Å²) < 4.78 is 5.79. The van der Waals surface area contributed by atoms with E-state index in [9.17, 15) is 4.79 Å². The van der Waals surface area contributed by atoms with Gasteiger partial charge in [-0.1, -0.05) is 93.3 Å². The van der Waals surface area contributed by atoms with Crippen LogP contribution in [0.5, 0.6) is 0 Å². The lowest BCUT2D eigenvalue weighted by Gasteiger charge is -2.54. The average molecular weight is 491 g/mol. The van der Waals surface area contributed by atoms with Crippen molar-refractivity contribution in [2.24, 2.45) is 11.8 Å². The zero-order chi connectivity index (χ0) is 25.1. The Balaban J connectivity index is 1.25. The highest BCUT2D eigenvalue weighted by Crippen LogP contribution is 2.46. The summed E-state index contributed by atoms with van der Waals surface area (Å²) in [5.74, 6) is 1.39. The van der Waals surface area contributed by atoms with E-state index >= 15 is 0 Å². The lowest BCUT2D eigenvalue weighted by molar-refractivity contribution is -0.0381. The number of nitrogens with one attached hydrogen (secondary N) is 1. The van der Waals surface area contributed by atoms with Crippen LogP contribution in [-0.2, 0) is 17.8 Å². The lowest BCUT2D eigenvalue weighted by atomic mass is 9.68. The molecule has 1 unspecified atom stereocenters. The Kier molecular flexibility index (Phi) is 10.3. The fourth-order valence-electron chi connectivity index (χ4n) is 6.41. The second-order valence-electron chi connectivity index (χ2n) is 11.1. The van der Waals surface area contributed by atoms with E-state index in [1.807, 2.05) is 30.3 Å². The monoisotopic (exact) mass is 490 g/mol. The highest BCUT2D eigenvalue weighted by molar-refractivity contribution is 5.69. The first kappa shape index (κ1) is 26.7. The number of benzene rings is 2. The van der Waals surface area contributed by atoms with Crippen LogP contribution in [0, 0.1) is 11.8 Å². The van der Waals surface area contributed by atoms with Crippen molar-refractivity contribution < 1.29 is 9.53 Å². The van der Waals surface area contributed by atoms with E-state index in [1.165, 1.54) is 56.9 Å². The van der Waals surface area contributed by atoms with E-state index < -0.39 is 0 Å². The molecular weight excluding hydrogens is 444 g/mol. The summed E-state index contributed by atoms with van der Waals surface area (Å²) in [5.41, 5.74) is 2.54. The third-order valence-electron chi connectivity index (χ3n) is 8.58. The van der Waals surface area contributed by atoms with Crippen LogP contribution in [0.2, 0.25) is 0 Å². The smallest absolute Gasteiger partial charge is 0.410 e. The summed E-state index contributed by atoms with van der Waals surface area (Å²) in [4.78, 5) is 15.3. The van der Waals surface area contributed by atoms with Gasteiger partial charge in [-0.05, 0) is 81.0 Å². The molecule has 2 saturated heterocycles. The number of piperidine rings is 2. The Bertz CT molecular complexity index is 893. The van der Waals surface area contributed by atoms with Gasteiger partial charge in [-0.3, -0.25) is 0 Å². The molecule has 2 aliphatic heterocycles. The summed E-state index contributed by atoms with van der Waals surface area (Å²) in [5, 5.41) is 3.51. The second-order valence-corrected chi connectivity index (χ2v) is 11.1. The molecule has 2 bridgehead atoms. The van der Waals surface area contributed by atoms with Crippen LogP contribution in [0.15, 0.2) is 60.7 Å². The topological polar surface area (TPSA) is 41.6 Å². The molecular formula is C32H46N2O2. The van der Waals surface area contributed by atoms with Crippen LogP contribution >= 0.6 is 0 Å². The molecule has 1 atom stereocenters. The van der Waals surface area contributed by atoms with Crippen LogP contribution in [0.3, 0.4) is 0 Å². The van der Waals surface area contributed by atoms with Crippen molar-refractivity contribution in [1.29, 1.82) is 0 Å². The van der Waals surface area contributed by atoms with Crippen molar-refractivity contribution in [3.63, 3.8) is 0 Å². The minimum atomic E-state index is -0.102. The first-order valence-electron chi connectivity index (χ1n) is 14.4. The number of amides is 1. The Labute approximate surface area is 218 Å². The average Bonchev–Trinajstić information content (AvgIpc) is 2.93. The molecule has 4 heteroatoms. The van der Waals surface area contributed by atoms with Crippen molar-refractivity contribution in [2.45, 2.75) is 89.7 Å². The molecule has 1 saturated carbocycles. The molecule has 36 heavy (non-hydrogen) atoms. The van der Waals surface area contributed by atoms with E-state index in [-0.39, 0.29) is 11.6 Å². The van der Waals surface area contributed by atoms with Crippen molar-refractivity contribution in [3.05, 3.63) is 71.8 Å². The Hall–Kier alpha value is -2.33. The predicted molar refractivity (Wildman–Crippen MR) is 148 cm³/mol. The van der Waals surface area contributed by atoms with Gasteiger partial charge >= 0.3 is 6.09 Å². The molecule has 1 aliphatic carbocycles. The molecule has 3 fully saturated rings. The van der Waals surface area contributed by atoms with Gasteiger partial charge in [-0.25, -0.2) is 4.79 Å². The molecule has 5 rings (SSSR count). The largest absolute Gasteiger partial charge is 0.445 e. The molecule has 0 radical (unpaired) electrons. The van der Waals surface area contributed by atoms with E-state index in [0.29, 0.717) is 12.5 Å². The van der Waals surface area contributed by atoms with Gasteiger partial charge in [0.2, 0.25) is 0 Å². The maximum absolute atomic E-state index is 13.1. The molecule has 2 aromatic rings.